The van der Waals surface area contributed by atoms with E-state index < -0.39 is 0 Å². The minimum Gasteiger partial charge on any atom is -0.310 e. The van der Waals surface area contributed by atoms with E-state index in [1.54, 1.807) is 0 Å². The summed E-state index contributed by atoms with van der Waals surface area (Å²) >= 11 is 0. The Morgan fingerprint density at radius 1 is 1.27 bits per heavy atom. The standard InChI is InChI=1S/C9H15NO/c11-9-6-10-5-4-8(9)7-2-1-3-7/h7-8,10H,1-6H2. The molecule has 1 heterocycles. The largest absolute Gasteiger partial charge is 0.310 e. The number of carbonyl (C=O) groups is 1. The molecule has 1 aliphatic heterocycles. The van der Waals surface area contributed by atoms with Gasteiger partial charge in [-0.1, -0.05) is 6.42 Å². The molecule has 2 nitrogen and oxygen atoms in total. The van der Waals surface area contributed by atoms with E-state index in [9.17, 15) is 4.79 Å². The Morgan fingerprint density at radius 2 is 2.09 bits per heavy atom. The Kier molecular flexibility index (Phi) is 1.95. The fraction of sp³-hybridized carbons (Fsp3) is 0.889. The maximum absolute atomic E-state index is 11.4. The number of carbonyl (C=O) groups excluding carboxylic acids is 1. The highest BCUT2D eigenvalue weighted by atomic mass is 16.1. The molecule has 1 saturated carbocycles. The molecule has 2 aliphatic rings. The van der Waals surface area contributed by atoms with Gasteiger partial charge in [-0.2, -0.15) is 0 Å². The van der Waals surface area contributed by atoms with E-state index >= 15 is 0 Å². The predicted molar refractivity (Wildman–Crippen MR) is 43.3 cm³/mol. The number of hydrogen-bond donors (Lipinski definition) is 1. The number of Topliss-reactive ketones (excluding diaryl/α,β-unsaturated/α-hetero) is 1. The molecular weight excluding hydrogens is 138 g/mol. The fourth-order valence-corrected chi connectivity index (χ4v) is 2.10. The molecule has 0 bridgehead atoms. The van der Waals surface area contributed by atoms with Crippen molar-refractivity contribution in [1.82, 2.24) is 5.32 Å². The lowest BCUT2D eigenvalue weighted by atomic mass is 9.72. The van der Waals surface area contributed by atoms with Gasteiger partial charge in [-0.25, -0.2) is 0 Å². The van der Waals surface area contributed by atoms with Crippen LogP contribution in [0.2, 0.25) is 0 Å². The minimum absolute atomic E-state index is 0.421. The highest BCUT2D eigenvalue weighted by molar-refractivity contribution is 5.84. The molecule has 0 radical (unpaired) electrons. The van der Waals surface area contributed by atoms with E-state index in [0.29, 0.717) is 18.2 Å². The van der Waals surface area contributed by atoms with Gasteiger partial charge in [-0.05, 0) is 31.7 Å². The molecule has 11 heavy (non-hydrogen) atoms. The molecule has 0 aromatic heterocycles. The molecule has 1 N–H and O–H groups in total. The van der Waals surface area contributed by atoms with Gasteiger partial charge in [-0.15, -0.1) is 0 Å². The molecular formula is C9H15NO. The molecule has 1 aliphatic carbocycles. The Hall–Kier alpha value is -0.370. The average molecular weight is 153 g/mol. The monoisotopic (exact) mass is 153 g/mol. The van der Waals surface area contributed by atoms with Gasteiger partial charge in [0.1, 0.15) is 5.78 Å². The summed E-state index contributed by atoms with van der Waals surface area (Å²) in [6.45, 7) is 1.67. The number of ketones is 1. The summed E-state index contributed by atoms with van der Waals surface area (Å²) in [5.74, 6) is 1.63. The van der Waals surface area contributed by atoms with Gasteiger partial charge in [0.15, 0.2) is 0 Å². The summed E-state index contributed by atoms with van der Waals surface area (Å²) in [5, 5.41) is 3.12. The number of piperidine rings is 1. The molecule has 2 heteroatoms. The molecule has 1 atom stereocenters. The van der Waals surface area contributed by atoms with Gasteiger partial charge in [0.05, 0.1) is 6.54 Å². The fourth-order valence-electron chi connectivity index (χ4n) is 2.10. The maximum Gasteiger partial charge on any atom is 0.150 e. The maximum atomic E-state index is 11.4. The van der Waals surface area contributed by atoms with Crippen molar-refractivity contribution < 1.29 is 4.79 Å². The zero-order valence-electron chi connectivity index (χ0n) is 6.81. The topological polar surface area (TPSA) is 29.1 Å². The van der Waals surface area contributed by atoms with E-state index in [1.807, 2.05) is 0 Å². The smallest absolute Gasteiger partial charge is 0.150 e. The van der Waals surface area contributed by atoms with Crippen molar-refractivity contribution in [2.24, 2.45) is 11.8 Å². The highest BCUT2D eigenvalue weighted by Gasteiger charge is 2.33. The molecule has 2 rings (SSSR count). The number of nitrogens with one attached hydrogen (secondary N) is 1. The second kappa shape index (κ2) is 2.94. The van der Waals surface area contributed by atoms with E-state index in [2.05, 4.69) is 5.32 Å². The molecule has 0 amide bonds. The van der Waals surface area contributed by atoms with Gasteiger partial charge in [0.25, 0.3) is 0 Å². The molecule has 0 spiro atoms. The van der Waals surface area contributed by atoms with Crippen molar-refractivity contribution in [3.8, 4) is 0 Å². The summed E-state index contributed by atoms with van der Waals surface area (Å²) in [6.07, 6.45) is 5.04. The van der Waals surface area contributed by atoms with Crippen LogP contribution in [0.3, 0.4) is 0 Å². The van der Waals surface area contributed by atoms with Crippen LogP contribution in [0.25, 0.3) is 0 Å². The molecule has 2 fully saturated rings. The molecule has 0 aromatic rings. The number of rotatable bonds is 1. The van der Waals surface area contributed by atoms with Crippen LogP contribution in [0.1, 0.15) is 25.7 Å². The van der Waals surface area contributed by atoms with Crippen LogP contribution in [0.5, 0.6) is 0 Å². The Morgan fingerprint density at radius 3 is 2.64 bits per heavy atom. The molecule has 1 saturated heterocycles. The first-order valence-electron chi connectivity index (χ1n) is 4.61. The third kappa shape index (κ3) is 1.32. The van der Waals surface area contributed by atoms with Crippen molar-refractivity contribution in [1.29, 1.82) is 0 Å². The van der Waals surface area contributed by atoms with Gasteiger partial charge >= 0.3 is 0 Å². The van der Waals surface area contributed by atoms with Gasteiger partial charge in [0.2, 0.25) is 0 Å². The summed E-state index contributed by atoms with van der Waals surface area (Å²) in [7, 11) is 0. The SMILES string of the molecule is O=C1CNCCC1C1CCC1. The van der Waals surface area contributed by atoms with E-state index in [-0.39, 0.29) is 0 Å². The van der Waals surface area contributed by atoms with Gasteiger partial charge in [-0.3, -0.25) is 4.79 Å². The zero-order chi connectivity index (χ0) is 7.68. The summed E-state index contributed by atoms with van der Waals surface area (Å²) in [5.41, 5.74) is 0. The Balaban J connectivity index is 1.93. The van der Waals surface area contributed by atoms with Crippen molar-refractivity contribution >= 4 is 5.78 Å². The van der Waals surface area contributed by atoms with E-state index in [4.69, 9.17) is 0 Å². The third-order valence-corrected chi connectivity index (χ3v) is 3.06. The second-order valence-corrected chi connectivity index (χ2v) is 3.73. The first-order valence-corrected chi connectivity index (χ1v) is 4.61. The quantitative estimate of drug-likeness (QED) is 0.608. The van der Waals surface area contributed by atoms with Crippen molar-refractivity contribution in [3.63, 3.8) is 0 Å². The first kappa shape index (κ1) is 7.29. The Labute approximate surface area is 67.4 Å². The lowest BCUT2D eigenvalue weighted by molar-refractivity contribution is -0.126. The highest BCUT2D eigenvalue weighted by Crippen LogP contribution is 2.36. The first-order chi connectivity index (χ1) is 5.38. The lowest BCUT2D eigenvalue weighted by Crippen LogP contribution is -2.41. The van der Waals surface area contributed by atoms with Crippen molar-refractivity contribution in [2.75, 3.05) is 13.1 Å². The summed E-state index contributed by atoms with van der Waals surface area (Å²) in [6, 6.07) is 0. The van der Waals surface area contributed by atoms with Crippen LogP contribution < -0.4 is 5.32 Å². The molecule has 1 unspecified atom stereocenters. The van der Waals surface area contributed by atoms with E-state index in [0.717, 1.165) is 18.9 Å². The normalized spacial score (nSPS) is 33.5. The third-order valence-electron chi connectivity index (χ3n) is 3.06. The van der Waals surface area contributed by atoms with E-state index in [1.165, 1.54) is 19.3 Å². The summed E-state index contributed by atoms with van der Waals surface area (Å²) in [4.78, 5) is 11.4. The second-order valence-electron chi connectivity index (χ2n) is 3.73. The van der Waals surface area contributed by atoms with Crippen LogP contribution in [0, 0.1) is 11.8 Å². The van der Waals surface area contributed by atoms with Crippen LogP contribution >= 0.6 is 0 Å². The molecule has 0 aromatic carbocycles. The van der Waals surface area contributed by atoms with Crippen molar-refractivity contribution in [3.05, 3.63) is 0 Å². The average Bonchev–Trinajstić information content (AvgIpc) is 1.90. The van der Waals surface area contributed by atoms with Crippen LogP contribution in [-0.2, 0) is 4.79 Å². The Bertz CT molecular complexity index is 163. The lowest BCUT2D eigenvalue weighted by Gasteiger charge is -2.35. The summed E-state index contributed by atoms with van der Waals surface area (Å²) < 4.78 is 0. The predicted octanol–water partition coefficient (Wildman–Crippen LogP) is 0.965. The van der Waals surface area contributed by atoms with Crippen molar-refractivity contribution in [2.45, 2.75) is 25.7 Å². The minimum atomic E-state index is 0.421. The number of hydrogen-bond acceptors (Lipinski definition) is 2. The van der Waals surface area contributed by atoms with Gasteiger partial charge < -0.3 is 5.32 Å². The molecule has 62 valence electrons. The van der Waals surface area contributed by atoms with Crippen LogP contribution in [0.4, 0.5) is 0 Å². The zero-order valence-corrected chi connectivity index (χ0v) is 6.81. The van der Waals surface area contributed by atoms with Gasteiger partial charge in [0, 0.05) is 5.92 Å². The van der Waals surface area contributed by atoms with Crippen LogP contribution in [-0.4, -0.2) is 18.9 Å². The van der Waals surface area contributed by atoms with Crippen LogP contribution in [0.15, 0.2) is 0 Å².